The molecule has 2 aliphatic rings. The molecule has 2 heterocycles. The van der Waals surface area contributed by atoms with Crippen LogP contribution in [0.25, 0.3) is 11.4 Å². The van der Waals surface area contributed by atoms with E-state index in [1.807, 2.05) is 30.3 Å². The van der Waals surface area contributed by atoms with Crippen LogP contribution >= 0.6 is 0 Å². The number of aromatic nitrogens is 2. The smallest absolute Gasteiger partial charge is 0.244 e. The van der Waals surface area contributed by atoms with Gasteiger partial charge in [-0.2, -0.15) is 4.98 Å². The van der Waals surface area contributed by atoms with E-state index in [0.29, 0.717) is 5.82 Å². The summed E-state index contributed by atoms with van der Waals surface area (Å²) in [4.78, 5) is 9.71. The van der Waals surface area contributed by atoms with Crippen molar-refractivity contribution in [3.05, 3.63) is 48.4 Å². The van der Waals surface area contributed by atoms with Crippen LogP contribution in [0.1, 0.15) is 38.1 Å². The van der Waals surface area contributed by atoms with Crippen LogP contribution in [0.15, 0.2) is 47.0 Å². The second-order valence-corrected chi connectivity index (χ2v) is 7.49. The molecule has 1 aliphatic carbocycles. The number of hydrogen-bond acceptors (Lipinski definition) is 5. The Balaban J connectivity index is 1.31. The normalized spacial score (nSPS) is 23.2. The molecule has 1 aliphatic heterocycles. The summed E-state index contributed by atoms with van der Waals surface area (Å²) in [6, 6.07) is 10.2. The third kappa shape index (κ3) is 4.05. The number of benzene rings is 1. The molecule has 5 nitrogen and oxygen atoms in total. The van der Waals surface area contributed by atoms with Gasteiger partial charge >= 0.3 is 0 Å². The van der Waals surface area contributed by atoms with Crippen molar-refractivity contribution in [2.75, 3.05) is 32.7 Å². The first-order chi connectivity index (χ1) is 12.8. The van der Waals surface area contributed by atoms with E-state index in [9.17, 15) is 0 Å². The Morgan fingerprint density at radius 3 is 2.65 bits per heavy atom. The SMILES string of the molecule is CC(c1nc(-c2ccccc2)no1)N1CCN(CC2CC=CCC2)CC1. The molecule has 1 aromatic carbocycles. The van der Waals surface area contributed by atoms with E-state index in [1.54, 1.807) is 0 Å². The molecule has 2 unspecified atom stereocenters. The van der Waals surface area contributed by atoms with Crippen molar-refractivity contribution in [1.29, 1.82) is 0 Å². The summed E-state index contributed by atoms with van der Waals surface area (Å²) < 4.78 is 5.56. The van der Waals surface area contributed by atoms with E-state index in [-0.39, 0.29) is 6.04 Å². The van der Waals surface area contributed by atoms with Crippen molar-refractivity contribution in [2.24, 2.45) is 5.92 Å². The van der Waals surface area contributed by atoms with Crippen molar-refractivity contribution in [3.8, 4) is 11.4 Å². The number of nitrogens with zero attached hydrogens (tertiary/aromatic N) is 4. The fourth-order valence-electron chi connectivity index (χ4n) is 3.99. The van der Waals surface area contributed by atoms with E-state index in [2.05, 4.69) is 39.0 Å². The molecule has 26 heavy (non-hydrogen) atoms. The maximum atomic E-state index is 5.56. The zero-order chi connectivity index (χ0) is 17.8. The van der Waals surface area contributed by atoms with E-state index < -0.39 is 0 Å². The highest BCUT2D eigenvalue weighted by Gasteiger charge is 2.27. The van der Waals surface area contributed by atoms with Gasteiger partial charge in [-0.3, -0.25) is 4.90 Å². The summed E-state index contributed by atoms with van der Waals surface area (Å²) in [6.07, 6.45) is 8.53. The molecule has 2 atom stereocenters. The number of hydrogen-bond donors (Lipinski definition) is 0. The highest BCUT2D eigenvalue weighted by Crippen LogP contribution is 2.24. The predicted octanol–water partition coefficient (Wildman–Crippen LogP) is 3.77. The Kier molecular flexibility index (Phi) is 5.46. The lowest BCUT2D eigenvalue weighted by Crippen LogP contribution is -2.48. The van der Waals surface area contributed by atoms with Gasteiger partial charge in [0.2, 0.25) is 11.7 Å². The van der Waals surface area contributed by atoms with E-state index in [4.69, 9.17) is 4.52 Å². The van der Waals surface area contributed by atoms with Crippen LogP contribution in [0.4, 0.5) is 0 Å². The quantitative estimate of drug-likeness (QED) is 0.767. The molecule has 0 N–H and O–H groups in total. The minimum absolute atomic E-state index is 0.166. The van der Waals surface area contributed by atoms with Crippen molar-refractivity contribution in [2.45, 2.75) is 32.2 Å². The summed E-state index contributed by atoms with van der Waals surface area (Å²) in [5.41, 5.74) is 1.00. The van der Waals surface area contributed by atoms with Gasteiger partial charge in [-0.15, -0.1) is 0 Å². The molecule has 0 amide bonds. The summed E-state index contributed by atoms with van der Waals surface area (Å²) in [7, 11) is 0. The molecule has 2 aromatic rings. The van der Waals surface area contributed by atoms with Crippen LogP contribution < -0.4 is 0 Å². The molecule has 1 aromatic heterocycles. The standard InChI is InChI=1S/C21H28N4O/c1-17(21-22-20(23-26-21)19-10-6-3-7-11-19)25-14-12-24(13-15-25)16-18-8-4-2-5-9-18/h2-4,6-7,10-11,17-18H,5,8-9,12-16H2,1H3. The van der Waals surface area contributed by atoms with Crippen LogP contribution in [-0.4, -0.2) is 52.7 Å². The van der Waals surface area contributed by atoms with Crippen molar-refractivity contribution in [3.63, 3.8) is 0 Å². The Hall–Kier alpha value is -1.98. The first kappa shape index (κ1) is 17.4. The molecule has 1 fully saturated rings. The zero-order valence-electron chi connectivity index (χ0n) is 15.6. The van der Waals surface area contributed by atoms with Crippen LogP contribution in [0, 0.1) is 5.92 Å². The number of rotatable bonds is 5. The molecule has 138 valence electrons. The Morgan fingerprint density at radius 1 is 1.12 bits per heavy atom. The van der Waals surface area contributed by atoms with E-state index in [0.717, 1.165) is 43.6 Å². The molecule has 5 heteroatoms. The fraction of sp³-hybridized carbons (Fsp3) is 0.524. The molecule has 0 saturated carbocycles. The Bertz CT molecular complexity index is 719. The summed E-state index contributed by atoms with van der Waals surface area (Å²) in [6.45, 7) is 7.79. The first-order valence-corrected chi connectivity index (χ1v) is 9.80. The highest BCUT2D eigenvalue weighted by atomic mass is 16.5. The Morgan fingerprint density at radius 2 is 1.92 bits per heavy atom. The molecule has 1 saturated heterocycles. The largest absolute Gasteiger partial charge is 0.337 e. The minimum Gasteiger partial charge on any atom is -0.337 e. The number of piperazine rings is 1. The van der Waals surface area contributed by atoms with E-state index in [1.165, 1.54) is 25.8 Å². The Labute approximate surface area is 155 Å². The fourth-order valence-corrected chi connectivity index (χ4v) is 3.99. The van der Waals surface area contributed by atoms with Crippen LogP contribution in [0.5, 0.6) is 0 Å². The third-order valence-corrected chi connectivity index (χ3v) is 5.68. The first-order valence-electron chi connectivity index (χ1n) is 9.80. The van der Waals surface area contributed by atoms with Gasteiger partial charge in [0.25, 0.3) is 0 Å². The van der Waals surface area contributed by atoms with Gasteiger partial charge in [0.1, 0.15) is 0 Å². The monoisotopic (exact) mass is 352 g/mol. The highest BCUT2D eigenvalue weighted by molar-refractivity contribution is 5.53. The van der Waals surface area contributed by atoms with Crippen LogP contribution in [-0.2, 0) is 0 Å². The van der Waals surface area contributed by atoms with Crippen molar-refractivity contribution >= 4 is 0 Å². The van der Waals surface area contributed by atoms with Gasteiger partial charge < -0.3 is 9.42 Å². The summed E-state index contributed by atoms with van der Waals surface area (Å²) in [5.74, 6) is 2.24. The molecular weight excluding hydrogens is 324 g/mol. The second kappa shape index (κ2) is 8.14. The third-order valence-electron chi connectivity index (χ3n) is 5.68. The van der Waals surface area contributed by atoms with Crippen LogP contribution in [0.3, 0.4) is 0 Å². The maximum absolute atomic E-state index is 5.56. The van der Waals surface area contributed by atoms with Gasteiger partial charge in [-0.05, 0) is 32.1 Å². The maximum Gasteiger partial charge on any atom is 0.244 e. The van der Waals surface area contributed by atoms with Gasteiger partial charge in [0.15, 0.2) is 0 Å². The second-order valence-electron chi connectivity index (χ2n) is 7.49. The summed E-state index contributed by atoms with van der Waals surface area (Å²) in [5, 5.41) is 4.17. The van der Waals surface area contributed by atoms with Gasteiger partial charge in [-0.1, -0.05) is 47.6 Å². The topological polar surface area (TPSA) is 45.4 Å². The molecule has 0 spiro atoms. The molecule has 0 radical (unpaired) electrons. The van der Waals surface area contributed by atoms with Crippen molar-refractivity contribution < 1.29 is 4.52 Å². The lowest BCUT2D eigenvalue weighted by Gasteiger charge is -2.38. The lowest BCUT2D eigenvalue weighted by molar-refractivity contribution is 0.0782. The van der Waals surface area contributed by atoms with E-state index >= 15 is 0 Å². The van der Waals surface area contributed by atoms with Crippen LogP contribution in [0.2, 0.25) is 0 Å². The average molecular weight is 352 g/mol. The lowest BCUT2D eigenvalue weighted by atomic mass is 9.94. The molecular formula is C21H28N4O. The molecule has 0 bridgehead atoms. The minimum atomic E-state index is 0.166. The number of allylic oxidation sites excluding steroid dienone is 2. The van der Waals surface area contributed by atoms with Gasteiger partial charge in [0, 0.05) is 38.3 Å². The summed E-state index contributed by atoms with van der Waals surface area (Å²) >= 11 is 0. The average Bonchev–Trinajstić information content (AvgIpc) is 3.20. The van der Waals surface area contributed by atoms with Gasteiger partial charge in [0.05, 0.1) is 6.04 Å². The zero-order valence-corrected chi connectivity index (χ0v) is 15.6. The van der Waals surface area contributed by atoms with Crippen molar-refractivity contribution in [1.82, 2.24) is 19.9 Å². The molecule has 4 rings (SSSR count). The predicted molar refractivity (Wildman–Crippen MR) is 103 cm³/mol. The van der Waals surface area contributed by atoms with Gasteiger partial charge in [-0.25, -0.2) is 0 Å².